The Morgan fingerprint density at radius 1 is 1.40 bits per heavy atom. The summed E-state index contributed by atoms with van der Waals surface area (Å²) in [5.74, 6) is -0.472. The number of carbonyl (C=O) groups is 2. The number of aliphatic hydroxyl groups excluding tert-OH is 1. The molecule has 1 aliphatic heterocycles. The lowest BCUT2D eigenvalue weighted by Crippen LogP contribution is -2.47. The second-order valence-electron chi connectivity index (χ2n) is 4.42. The number of carboxylic acid groups (broad SMARTS) is 1. The molecule has 1 unspecified atom stereocenters. The number of carbonyl (C=O) groups excluding carboxylic acids is 1. The topological polar surface area (TPSA) is 108 Å². The number of carboxylic acids is 1. The average Bonchev–Trinajstić information content (AvgIpc) is 2.81. The quantitative estimate of drug-likeness (QED) is 0.618. The highest BCUT2D eigenvalue weighted by atomic mass is 16.5. The van der Waals surface area contributed by atoms with E-state index in [0.29, 0.717) is 12.4 Å². The van der Waals surface area contributed by atoms with Gasteiger partial charge in [-0.15, -0.1) is 0 Å². The van der Waals surface area contributed by atoms with Gasteiger partial charge < -0.3 is 25.6 Å². The Kier molecular flexibility index (Phi) is 4.41. The largest absolute Gasteiger partial charge is 0.491 e. The SMILES string of the molecule is O=C(NC1COc2ccccc21)N[C@@H](CCO)C(=O)O. The summed E-state index contributed by atoms with van der Waals surface area (Å²) in [5, 5.41) is 22.6. The lowest BCUT2D eigenvalue weighted by atomic mass is 10.1. The van der Waals surface area contributed by atoms with Crippen LogP contribution in [0.2, 0.25) is 0 Å². The summed E-state index contributed by atoms with van der Waals surface area (Å²) >= 11 is 0. The van der Waals surface area contributed by atoms with E-state index in [0.717, 1.165) is 5.56 Å². The van der Waals surface area contributed by atoms with Crippen molar-refractivity contribution in [2.24, 2.45) is 0 Å². The molecule has 0 saturated carbocycles. The minimum atomic E-state index is -1.18. The van der Waals surface area contributed by atoms with Gasteiger partial charge in [-0.1, -0.05) is 18.2 Å². The molecule has 0 fully saturated rings. The number of aliphatic carboxylic acids is 1. The second kappa shape index (κ2) is 6.25. The molecular weight excluding hydrogens is 264 g/mol. The lowest BCUT2D eigenvalue weighted by Gasteiger charge is -2.16. The Balaban J connectivity index is 1.94. The Morgan fingerprint density at radius 2 is 2.15 bits per heavy atom. The van der Waals surface area contributed by atoms with Crippen molar-refractivity contribution < 1.29 is 24.5 Å². The number of benzene rings is 1. The molecule has 108 valence electrons. The molecule has 20 heavy (non-hydrogen) atoms. The normalized spacial score (nSPS) is 17.8. The zero-order valence-corrected chi connectivity index (χ0v) is 10.7. The first-order valence-electron chi connectivity index (χ1n) is 6.24. The number of fused-ring (bicyclic) bond motifs is 1. The number of amides is 2. The smallest absolute Gasteiger partial charge is 0.326 e. The first-order valence-corrected chi connectivity index (χ1v) is 6.24. The van der Waals surface area contributed by atoms with Crippen LogP contribution in [0.25, 0.3) is 0 Å². The van der Waals surface area contributed by atoms with Gasteiger partial charge in [-0.2, -0.15) is 0 Å². The van der Waals surface area contributed by atoms with Crippen LogP contribution in [-0.4, -0.2) is 41.5 Å². The molecule has 0 bridgehead atoms. The molecule has 1 aliphatic rings. The van der Waals surface area contributed by atoms with Gasteiger partial charge in [0.25, 0.3) is 0 Å². The van der Waals surface area contributed by atoms with Gasteiger partial charge >= 0.3 is 12.0 Å². The lowest BCUT2D eigenvalue weighted by molar-refractivity contribution is -0.139. The van der Waals surface area contributed by atoms with Gasteiger partial charge in [0.2, 0.25) is 0 Å². The van der Waals surface area contributed by atoms with Crippen molar-refractivity contribution in [3.63, 3.8) is 0 Å². The minimum Gasteiger partial charge on any atom is -0.491 e. The summed E-state index contributed by atoms with van der Waals surface area (Å²) in [6.07, 6.45) is -0.0412. The third-order valence-corrected chi connectivity index (χ3v) is 3.03. The molecule has 1 aromatic rings. The zero-order chi connectivity index (χ0) is 14.5. The van der Waals surface area contributed by atoms with Crippen LogP contribution in [0.15, 0.2) is 24.3 Å². The van der Waals surface area contributed by atoms with Gasteiger partial charge in [-0.25, -0.2) is 9.59 Å². The molecule has 1 aromatic carbocycles. The van der Waals surface area contributed by atoms with Crippen LogP contribution in [-0.2, 0) is 4.79 Å². The van der Waals surface area contributed by atoms with E-state index in [1.807, 2.05) is 18.2 Å². The molecule has 1 heterocycles. The fourth-order valence-electron chi connectivity index (χ4n) is 2.03. The Labute approximate surface area is 115 Å². The van der Waals surface area contributed by atoms with Crippen molar-refractivity contribution in [2.75, 3.05) is 13.2 Å². The van der Waals surface area contributed by atoms with Gasteiger partial charge in [-0.05, 0) is 6.07 Å². The van der Waals surface area contributed by atoms with E-state index in [-0.39, 0.29) is 19.1 Å². The zero-order valence-electron chi connectivity index (χ0n) is 10.7. The number of hydrogen-bond acceptors (Lipinski definition) is 4. The molecule has 0 radical (unpaired) electrons. The van der Waals surface area contributed by atoms with Gasteiger partial charge in [-0.3, -0.25) is 0 Å². The first-order chi connectivity index (χ1) is 9.61. The van der Waals surface area contributed by atoms with Crippen molar-refractivity contribution in [3.8, 4) is 5.75 Å². The molecule has 4 N–H and O–H groups in total. The van der Waals surface area contributed by atoms with E-state index < -0.39 is 18.0 Å². The van der Waals surface area contributed by atoms with Crippen LogP contribution in [0.1, 0.15) is 18.0 Å². The summed E-state index contributed by atoms with van der Waals surface area (Å²) < 4.78 is 5.41. The van der Waals surface area contributed by atoms with Crippen LogP contribution in [0.3, 0.4) is 0 Å². The maximum absolute atomic E-state index is 11.8. The maximum atomic E-state index is 11.8. The van der Waals surface area contributed by atoms with E-state index in [2.05, 4.69) is 10.6 Å². The van der Waals surface area contributed by atoms with Crippen molar-refractivity contribution in [1.82, 2.24) is 10.6 Å². The van der Waals surface area contributed by atoms with Crippen LogP contribution < -0.4 is 15.4 Å². The fourth-order valence-corrected chi connectivity index (χ4v) is 2.03. The number of hydrogen-bond donors (Lipinski definition) is 4. The molecule has 0 aromatic heterocycles. The number of ether oxygens (including phenoxy) is 1. The summed E-state index contributed by atoms with van der Waals surface area (Å²) in [5.41, 5.74) is 0.858. The third-order valence-electron chi connectivity index (χ3n) is 3.03. The maximum Gasteiger partial charge on any atom is 0.326 e. The van der Waals surface area contributed by atoms with Crippen molar-refractivity contribution >= 4 is 12.0 Å². The highest BCUT2D eigenvalue weighted by Crippen LogP contribution is 2.31. The molecule has 7 nitrogen and oxygen atoms in total. The van der Waals surface area contributed by atoms with E-state index in [1.165, 1.54) is 0 Å². The predicted molar refractivity (Wildman–Crippen MR) is 69.5 cm³/mol. The number of nitrogens with one attached hydrogen (secondary N) is 2. The third kappa shape index (κ3) is 3.18. The average molecular weight is 280 g/mol. The minimum absolute atomic E-state index is 0.0412. The number of para-hydroxylation sites is 1. The van der Waals surface area contributed by atoms with Crippen LogP contribution in [0.4, 0.5) is 4.79 Å². The number of rotatable bonds is 5. The van der Waals surface area contributed by atoms with Gasteiger partial charge in [0.05, 0.1) is 6.04 Å². The number of aliphatic hydroxyl groups is 1. The summed E-state index contributed by atoms with van der Waals surface area (Å²) in [7, 11) is 0. The standard InChI is InChI=1S/C13H16N2O5/c16-6-5-9(12(17)18)14-13(19)15-10-7-20-11-4-2-1-3-8(10)11/h1-4,9-10,16H,5-7H2,(H,17,18)(H2,14,15,19)/t9-,10?/m0/s1. The van der Waals surface area contributed by atoms with Crippen molar-refractivity contribution in [3.05, 3.63) is 29.8 Å². The Bertz CT molecular complexity index is 505. The molecule has 2 rings (SSSR count). The molecule has 7 heteroatoms. The molecular formula is C13H16N2O5. The highest BCUT2D eigenvalue weighted by molar-refractivity contribution is 5.82. The molecule has 2 amide bonds. The van der Waals surface area contributed by atoms with E-state index in [1.54, 1.807) is 6.07 Å². The molecule has 2 atom stereocenters. The summed E-state index contributed by atoms with van der Waals surface area (Å²) in [6, 6.07) is 5.30. The van der Waals surface area contributed by atoms with Gasteiger partial charge in [0, 0.05) is 18.6 Å². The number of urea groups is 1. The van der Waals surface area contributed by atoms with E-state index in [4.69, 9.17) is 14.9 Å². The first kappa shape index (κ1) is 14.1. The highest BCUT2D eigenvalue weighted by Gasteiger charge is 2.26. The Hall–Kier alpha value is -2.28. The summed E-state index contributed by atoms with van der Waals surface area (Å²) in [4.78, 5) is 22.7. The molecule has 0 aliphatic carbocycles. The van der Waals surface area contributed by atoms with Crippen LogP contribution in [0.5, 0.6) is 5.75 Å². The molecule has 0 saturated heterocycles. The second-order valence-corrected chi connectivity index (χ2v) is 4.42. The van der Waals surface area contributed by atoms with Crippen LogP contribution in [0, 0.1) is 0 Å². The van der Waals surface area contributed by atoms with Crippen LogP contribution >= 0.6 is 0 Å². The fraction of sp³-hybridized carbons (Fsp3) is 0.385. The van der Waals surface area contributed by atoms with Crippen molar-refractivity contribution in [1.29, 1.82) is 0 Å². The van der Waals surface area contributed by atoms with Gasteiger partial charge in [0.15, 0.2) is 0 Å². The van der Waals surface area contributed by atoms with E-state index >= 15 is 0 Å². The monoisotopic (exact) mass is 280 g/mol. The Morgan fingerprint density at radius 3 is 2.85 bits per heavy atom. The van der Waals surface area contributed by atoms with E-state index in [9.17, 15) is 9.59 Å². The van der Waals surface area contributed by atoms with Gasteiger partial charge in [0.1, 0.15) is 18.4 Å². The van der Waals surface area contributed by atoms with Crippen molar-refractivity contribution in [2.45, 2.75) is 18.5 Å². The summed E-state index contributed by atoms with van der Waals surface area (Å²) in [6.45, 7) is -0.00285. The molecule has 0 spiro atoms. The predicted octanol–water partition coefficient (Wildman–Crippen LogP) is 0.255.